The number of benzene rings is 2. The van der Waals surface area contributed by atoms with Crippen LogP contribution in [0, 0.1) is 16.0 Å². The minimum Gasteiger partial charge on any atom is -0.497 e. The van der Waals surface area contributed by atoms with Gasteiger partial charge < -0.3 is 19.5 Å². The van der Waals surface area contributed by atoms with E-state index in [1.807, 2.05) is 0 Å². The molecule has 1 aliphatic heterocycles. The zero-order chi connectivity index (χ0) is 28.5. The van der Waals surface area contributed by atoms with Gasteiger partial charge in [0, 0.05) is 25.2 Å². The van der Waals surface area contributed by atoms with Gasteiger partial charge in [-0.05, 0) is 42.3 Å². The number of hydrogen-bond acceptors (Lipinski definition) is 8. The molecule has 39 heavy (non-hydrogen) atoms. The van der Waals surface area contributed by atoms with E-state index in [0.29, 0.717) is 15.6 Å². The van der Waals surface area contributed by atoms with Crippen LogP contribution in [-0.2, 0) is 14.3 Å². The van der Waals surface area contributed by atoms with Gasteiger partial charge in [-0.1, -0.05) is 35.9 Å². The summed E-state index contributed by atoms with van der Waals surface area (Å²) in [7, 11) is 2.75. The molecule has 0 aliphatic carbocycles. The van der Waals surface area contributed by atoms with Gasteiger partial charge in [0.05, 0.1) is 33.2 Å². The molecule has 0 radical (unpaired) electrons. The van der Waals surface area contributed by atoms with Gasteiger partial charge in [0.25, 0.3) is 5.69 Å². The van der Waals surface area contributed by atoms with Crippen LogP contribution in [0.1, 0.15) is 39.7 Å². The lowest BCUT2D eigenvalue weighted by Gasteiger charge is -2.37. The highest BCUT2D eigenvalue weighted by molar-refractivity contribution is 7.18. The number of Topliss-reactive ketones (excluding diaryl/α,β-unsaturated/α-hetero) is 1. The Morgan fingerprint density at radius 3 is 2.38 bits per heavy atom. The fraction of sp³-hybridized carbons (Fsp3) is 0.296. The lowest BCUT2D eigenvalue weighted by atomic mass is 9.72. The maximum atomic E-state index is 14.3. The van der Waals surface area contributed by atoms with Gasteiger partial charge >= 0.3 is 5.97 Å². The minimum absolute atomic E-state index is 0.243. The summed E-state index contributed by atoms with van der Waals surface area (Å²) < 4.78 is 10.8. The lowest BCUT2D eigenvalue weighted by Crippen LogP contribution is -2.55. The molecule has 204 valence electrons. The second kappa shape index (κ2) is 11.1. The van der Waals surface area contributed by atoms with E-state index in [0.717, 1.165) is 16.2 Å². The van der Waals surface area contributed by atoms with Gasteiger partial charge in [-0.25, -0.2) is 4.79 Å². The van der Waals surface area contributed by atoms with E-state index < -0.39 is 52.6 Å². The standard InChI is InChI=1S/C27H25ClN2O8S/c1-27(26(33)34)23(15-6-5-9-18(13-15)38-3)22(25(32)19-10-11-20(28)39-19)24(29(27)21(31)14-37-2)16-7-4-8-17(12-16)30(35)36/h4-13,22-24H,14H2,1-3H3,(H,33,34). The van der Waals surface area contributed by atoms with Crippen LogP contribution < -0.4 is 4.74 Å². The van der Waals surface area contributed by atoms with Crippen molar-refractivity contribution in [3.8, 4) is 5.75 Å². The number of ketones is 1. The molecule has 1 aromatic heterocycles. The predicted octanol–water partition coefficient (Wildman–Crippen LogP) is 4.97. The molecule has 4 rings (SSSR count). The molecule has 1 fully saturated rings. The van der Waals surface area contributed by atoms with Crippen LogP contribution in [0.3, 0.4) is 0 Å². The maximum Gasteiger partial charge on any atom is 0.330 e. The average Bonchev–Trinajstić information content (AvgIpc) is 3.48. The third-order valence-corrected chi connectivity index (χ3v) is 8.29. The quantitative estimate of drug-likeness (QED) is 0.215. The fourth-order valence-corrected chi connectivity index (χ4v) is 6.46. The summed E-state index contributed by atoms with van der Waals surface area (Å²) in [5.74, 6) is -4.30. The number of ether oxygens (including phenoxy) is 2. The third-order valence-electron chi connectivity index (χ3n) is 7.05. The van der Waals surface area contributed by atoms with Crippen molar-refractivity contribution in [2.45, 2.75) is 24.4 Å². The Hall–Kier alpha value is -3.80. The van der Waals surface area contributed by atoms with Gasteiger partial charge in [0.1, 0.15) is 17.9 Å². The lowest BCUT2D eigenvalue weighted by molar-refractivity contribution is -0.385. The van der Waals surface area contributed by atoms with Gasteiger partial charge in [-0.2, -0.15) is 0 Å². The van der Waals surface area contributed by atoms with Crippen LogP contribution in [0.2, 0.25) is 4.34 Å². The highest BCUT2D eigenvalue weighted by atomic mass is 35.5. The summed E-state index contributed by atoms with van der Waals surface area (Å²) in [5, 5.41) is 22.3. The summed E-state index contributed by atoms with van der Waals surface area (Å²) >= 11 is 7.17. The summed E-state index contributed by atoms with van der Waals surface area (Å²) in [5.41, 5.74) is -1.53. The Labute approximate surface area is 232 Å². The molecule has 0 saturated carbocycles. The van der Waals surface area contributed by atoms with Crippen molar-refractivity contribution >= 4 is 46.3 Å². The maximum absolute atomic E-state index is 14.3. The number of amides is 1. The predicted molar refractivity (Wildman–Crippen MR) is 143 cm³/mol. The highest BCUT2D eigenvalue weighted by Gasteiger charge is 2.65. The molecular formula is C27H25ClN2O8S. The Balaban J connectivity index is 2.07. The number of hydrogen-bond donors (Lipinski definition) is 1. The largest absolute Gasteiger partial charge is 0.497 e. The smallest absolute Gasteiger partial charge is 0.330 e. The molecule has 12 heteroatoms. The number of nitrogens with zero attached hydrogens (tertiary/aromatic N) is 2. The van der Waals surface area contributed by atoms with Crippen molar-refractivity contribution in [3.05, 3.63) is 91.1 Å². The van der Waals surface area contributed by atoms with E-state index in [2.05, 4.69) is 0 Å². The molecule has 0 bridgehead atoms. The molecule has 3 aromatic rings. The van der Waals surface area contributed by atoms with Gasteiger partial charge in [0.2, 0.25) is 5.91 Å². The Bertz CT molecular complexity index is 1440. The second-order valence-electron chi connectivity index (χ2n) is 9.19. The molecule has 0 spiro atoms. The van der Waals surface area contributed by atoms with Crippen LogP contribution in [0.15, 0.2) is 60.7 Å². The van der Waals surface area contributed by atoms with Gasteiger partial charge in [-0.3, -0.25) is 19.7 Å². The zero-order valence-corrected chi connectivity index (χ0v) is 22.8. The number of likely N-dealkylation sites (tertiary alicyclic amines) is 1. The van der Waals surface area contributed by atoms with E-state index in [9.17, 15) is 29.6 Å². The van der Waals surface area contributed by atoms with E-state index in [1.54, 1.807) is 42.5 Å². The van der Waals surface area contributed by atoms with Crippen LogP contribution in [0.5, 0.6) is 5.75 Å². The Morgan fingerprint density at radius 2 is 1.79 bits per heavy atom. The summed E-state index contributed by atoms with van der Waals surface area (Å²) in [6.07, 6.45) is 0. The van der Waals surface area contributed by atoms with E-state index in [1.165, 1.54) is 39.3 Å². The van der Waals surface area contributed by atoms with Gasteiger partial charge in [-0.15, -0.1) is 11.3 Å². The first-order valence-corrected chi connectivity index (χ1v) is 13.0. The van der Waals surface area contributed by atoms with E-state index >= 15 is 0 Å². The van der Waals surface area contributed by atoms with E-state index in [4.69, 9.17) is 21.1 Å². The first kappa shape index (κ1) is 28.2. The second-order valence-corrected chi connectivity index (χ2v) is 10.9. The van der Waals surface area contributed by atoms with Crippen molar-refractivity contribution in [3.63, 3.8) is 0 Å². The average molecular weight is 573 g/mol. The topological polar surface area (TPSA) is 136 Å². The van der Waals surface area contributed by atoms with Crippen LogP contribution in [-0.4, -0.2) is 59.0 Å². The number of nitro benzene ring substituents is 1. The molecule has 1 saturated heterocycles. The SMILES string of the molecule is COCC(=O)N1C(c2cccc([N+](=O)[O-])c2)C(C(=O)c2ccc(Cl)s2)C(c2cccc(OC)c2)C1(C)C(=O)O. The van der Waals surface area contributed by atoms with Gasteiger partial charge in [0.15, 0.2) is 5.78 Å². The van der Waals surface area contributed by atoms with E-state index in [-0.39, 0.29) is 16.1 Å². The molecule has 1 amide bonds. The number of non-ortho nitro benzene ring substituents is 1. The normalized spacial score (nSPS) is 22.5. The fourth-order valence-electron chi connectivity index (χ4n) is 5.43. The molecule has 2 aromatic carbocycles. The number of carbonyl (C=O) groups excluding carboxylic acids is 2. The molecule has 4 unspecified atom stereocenters. The van der Waals surface area contributed by atoms with Crippen molar-refractivity contribution in [2.24, 2.45) is 5.92 Å². The first-order valence-electron chi connectivity index (χ1n) is 11.8. The highest BCUT2D eigenvalue weighted by Crippen LogP contribution is 2.57. The molecular weight excluding hydrogens is 548 g/mol. The number of carboxylic acid groups (broad SMARTS) is 1. The monoisotopic (exact) mass is 572 g/mol. The molecule has 10 nitrogen and oxygen atoms in total. The Morgan fingerprint density at radius 1 is 1.10 bits per heavy atom. The number of nitro groups is 1. The van der Waals surface area contributed by atoms with Crippen molar-refractivity contribution in [1.29, 1.82) is 0 Å². The molecule has 4 atom stereocenters. The number of rotatable bonds is 9. The van der Waals surface area contributed by atoms with Crippen LogP contribution >= 0.6 is 22.9 Å². The number of halogens is 1. The molecule has 1 N–H and O–H groups in total. The first-order chi connectivity index (χ1) is 18.5. The van der Waals surface area contributed by atoms with Crippen molar-refractivity contribution < 1.29 is 33.9 Å². The number of methoxy groups -OCH3 is 2. The van der Waals surface area contributed by atoms with Crippen molar-refractivity contribution in [2.75, 3.05) is 20.8 Å². The summed E-state index contributed by atoms with van der Waals surface area (Å²) in [6.45, 7) is 0.914. The summed E-state index contributed by atoms with van der Waals surface area (Å²) in [4.78, 5) is 53.5. The van der Waals surface area contributed by atoms with Crippen molar-refractivity contribution in [1.82, 2.24) is 4.90 Å². The number of thiophene rings is 1. The Kier molecular flexibility index (Phi) is 8.05. The minimum atomic E-state index is -1.96. The summed E-state index contributed by atoms with van der Waals surface area (Å²) in [6, 6.07) is 14.1. The number of carbonyl (C=O) groups is 3. The molecule has 2 heterocycles. The third kappa shape index (κ3) is 5.00. The number of carboxylic acids is 1. The number of aliphatic carboxylic acids is 1. The van der Waals surface area contributed by atoms with Crippen LogP contribution in [0.25, 0.3) is 0 Å². The van der Waals surface area contributed by atoms with Crippen LogP contribution in [0.4, 0.5) is 5.69 Å². The molecule has 1 aliphatic rings. The zero-order valence-electron chi connectivity index (χ0n) is 21.2.